The first kappa shape index (κ1) is 75.2. The van der Waals surface area contributed by atoms with E-state index in [0.717, 1.165) is 106 Å². The van der Waals surface area contributed by atoms with Crippen LogP contribution in [0.15, 0.2) is 183 Å². The van der Waals surface area contributed by atoms with E-state index in [4.69, 9.17) is 31.2 Å². The highest BCUT2D eigenvalue weighted by Gasteiger charge is 2.11. The summed E-state index contributed by atoms with van der Waals surface area (Å²) in [5.41, 5.74) is 16.9. The summed E-state index contributed by atoms with van der Waals surface area (Å²) in [7, 11) is 0. The van der Waals surface area contributed by atoms with E-state index in [-0.39, 0.29) is 17.8 Å². The van der Waals surface area contributed by atoms with Crippen molar-refractivity contribution in [2.24, 2.45) is 48.7 Å². The van der Waals surface area contributed by atoms with Gasteiger partial charge in [0, 0.05) is 5.56 Å². The van der Waals surface area contributed by atoms with Gasteiger partial charge in [-0.25, -0.2) is 0 Å². The minimum absolute atomic E-state index is 0.242. The standard InChI is InChI=1S/C15H23NO.2C14H21NO.3C10H13NO/c1-4-5-6-7-13-8-10-14(11-9-13)15(16-17)12(2)3;1-4-5-6-12-7-9-13(10-8-12)14(15-16)11(2)3;1-3-5-6-7-12-8-10-13(11-9-12)14(4-2)15-16;1-7-4-5-10(8(2)6-7)9(3)11-12;1-8(2)10(11-12)9-6-4-3-5-7-9;1-2-6-10(11-12)9-7-4-3-5-8-9/h8-12,17H,4-7H2,1-3H3;7-11,16H,4-6H2,1-3H3;8-11,16H,3-7H2,1-2H3;4-6,12H,1-3H3;3-8,12H,1-2H3;3-5,7-8,12H,2,6H2,1H3. The molecule has 0 atom stereocenters. The zero-order chi connectivity index (χ0) is 63.4. The lowest BCUT2D eigenvalue weighted by atomic mass is 9.98. The summed E-state index contributed by atoms with van der Waals surface area (Å²) in [6, 6.07) is 50.5. The average Bonchev–Trinajstić information content (AvgIpc) is 3.56. The summed E-state index contributed by atoms with van der Waals surface area (Å²) >= 11 is 0. The molecule has 6 N–H and O–H groups in total. The Morgan fingerprint density at radius 1 is 0.365 bits per heavy atom. The average molecular weight is 1160 g/mol. The fourth-order valence-corrected chi connectivity index (χ4v) is 8.94. The maximum Gasteiger partial charge on any atom is 0.0893 e. The van der Waals surface area contributed by atoms with Crippen LogP contribution in [0.5, 0.6) is 0 Å². The number of aryl methyl sites for hydroxylation is 5. The molecule has 0 spiro atoms. The second-order valence-corrected chi connectivity index (χ2v) is 22.0. The summed E-state index contributed by atoms with van der Waals surface area (Å²) in [5.74, 6) is 0.731. The van der Waals surface area contributed by atoms with E-state index in [1.165, 1.54) is 73.6 Å². The topological polar surface area (TPSA) is 196 Å². The van der Waals surface area contributed by atoms with Crippen molar-refractivity contribution in [2.75, 3.05) is 0 Å². The first-order chi connectivity index (χ1) is 41.0. The number of oxime groups is 6. The second kappa shape index (κ2) is 45.6. The van der Waals surface area contributed by atoms with Crippen molar-refractivity contribution in [2.45, 2.75) is 187 Å². The fraction of sp³-hybridized carbons (Fsp3) is 0.425. The van der Waals surface area contributed by atoms with Crippen LogP contribution in [0.3, 0.4) is 0 Å². The SMILES string of the molecule is CC(=NO)c1ccc(C)cc1C.CC(C)C(=NO)c1ccccc1.CCCC(=NO)c1ccccc1.CCCCCc1ccc(C(=NO)C(C)C)cc1.CCCCCc1ccc(C(CC)=NO)cc1.CCCCc1ccc(C(=NO)C(C)C)cc1. The van der Waals surface area contributed by atoms with Gasteiger partial charge in [0.1, 0.15) is 0 Å². The second-order valence-electron chi connectivity index (χ2n) is 22.0. The summed E-state index contributed by atoms with van der Waals surface area (Å²) in [4.78, 5) is 0. The van der Waals surface area contributed by atoms with Crippen LogP contribution in [-0.4, -0.2) is 65.5 Å². The zero-order valence-corrected chi connectivity index (χ0v) is 53.9. The molecule has 0 fully saturated rings. The van der Waals surface area contributed by atoms with Crippen molar-refractivity contribution >= 4 is 34.3 Å². The molecule has 12 heteroatoms. The molecule has 0 unspecified atom stereocenters. The molecule has 12 nitrogen and oxygen atoms in total. The number of nitrogens with zero attached hydrogens (tertiary/aromatic N) is 6. The van der Waals surface area contributed by atoms with Crippen molar-refractivity contribution in [3.8, 4) is 0 Å². The first-order valence-electron chi connectivity index (χ1n) is 30.7. The van der Waals surface area contributed by atoms with Crippen LogP contribution in [0.2, 0.25) is 0 Å². The normalized spacial score (nSPS) is 11.9. The summed E-state index contributed by atoms with van der Waals surface area (Å²) in [6.45, 7) is 28.7. The van der Waals surface area contributed by atoms with Gasteiger partial charge in [0.25, 0.3) is 0 Å². The van der Waals surface area contributed by atoms with Crippen molar-refractivity contribution < 1.29 is 31.2 Å². The monoisotopic (exact) mass is 1160 g/mol. The first-order valence-corrected chi connectivity index (χ1v) is 30.7. The quantitative estimate of drug-likeness (QED) is 0.0160. The molecule has 6 rings (SSSR count). The maximum absolute atomic E-state index is 8.98. The number of rotatable bonds is 23. The fourth-order valence-electron chi connectivity index (χ4n) is 8.94. The third-order valence-electron chi connectivity index (χ3n) is 13.9. The molecule has 0 aromatic heterocycles. The van der Waals surface area contributed by atoms with Crippen molar-refractivity contribution in [1.29, 1.82) is 0 Å². The minimum atomic E-state index is 0.242. The van der Waals surface area contributed by atoms with Gasteiger partial charge in [-0.3, -0.25) is 0 Å². The minimum Gasteiger partial charge on any atom is -0.411 e. The molecule has 0 saturated heterocycles. The van der Waals surface area contributed by atoms with Gasteiger partial charge in [0.05, 0.1) is 34.3 Å². The predicted octanol–water partition coefficient (Wildman–Crippen LogP) is 19.8. The number of hydrogen-bond donors (Lipinski definition) is 6. The molecule has 0 radical (unpaired) electrons. The largest absolute Gasteiger partial charge is 0.411 e. The van der Waals surface area contributed by atoms with Crippen molar-refractivity contribution in [3.05, 3.63) is 213 Å². The van der Waals surface area contributed by atoms with Gasteiger partial charge in [-0.05, 0) is 140 Å². The van der Waals surface area contributed by atoms with Crippen LogP contribution >= 0.6 is 0 Å². The Bertz CT molecular complexity index is 2880. The lowest BCUT2D eigenvalue weighted by Gasteiger charge is -2.09. The molecule has 85 heavy (non-hydrogen) atoms. The molecule has 0 aliphatic rings. The van der Waals surface area contributed by atoms with E-state index >= 15 is 0 Å². The molecule has 0 heterocycles. The smallest absolute Gasteiger partial charge is 0.0893 e. The van der Waals surface area contributed by atoms with Gasteiger partial charge < -0.3 is 31.2 Å². The van der Waals surface area contributed by atoms with Gasteiger partial charge in [-0.15, -0.1) is 0 Å². The number of hydrogen-bond acceptors (Lipinski definition) is 12. The number of unbranched alkanes of at least 4 members (excludes halogenated alkanes) is 5. The van der Waals surface area contributed by atoms with E-state index < -0.39 is 0 Å². The number of benzene rings is 6. The summed E-state index contributed by atoms with van der Waals surface area (Å²) < 4.78 is 0. The lowest BCUT2D eigenvalue weighted by molar-refractivity contribution is 0.316. The van der Waals surface area contributed by atoms with E-state index in [1.54, 1.807) is 6.92 Å². The summed E-state index contributed by atoms with van der Waals surface area (Å²) in [5, 5.41) is 72.5. The van der Waals surface area contributed by atoms with Crippen LogP contribution < -0.4 is 0 Å². The van der Waals surface area contributed by atoms with Crippen LogP contribution in [0.4, 0.5) is 0 Å². The van der Waals surface area contributed by atoms with Gasteiger partial charge in [-0.2, -0.15) is 0 Å². The van der Waals surface area contributed by atoms with Crippen molar-refractivity contribution in [3.63, 3.8) is 0 Å². The van der Waals surface area contributed by atoms with E-state index in [9.17, 15) is 0 Å². The Kier molecular flexibility index (Phi) is 40.3. The van der Waals surface area contributed by atoms with Crippen LogP contribution in [0, 0.1) is 31.6 Å². The molecular formula is C73H104N6O6. The molecule has 6 aromatic rings. The van der Waals surface area contributed by atoms with Crippen molar-refractivity contribution in [1.82, 2.24) is 0 Å². The van der Waals surface area contributed by atoms with Crippen LogP contribution in [0.1, 0.15) is 215 Å². The molecule has 462 valence electrons. The predicted molar refractivity (Wildman–Crippen MR) is 359 cm³/mol. The highest BCUT2D eigenvalue weighted by Crippen LogP contribution is 2.17. The third-order valence-corrected chi connectivity index (χ3v) is 13.9. The van der Waals surface area contributed by atoms with E-state index in [2.05, 4.69) is 113 Å². The molecule has 0 saturated carbocycles. The zero-order valence-electron chi connectivity index (χ0n) is 53.9. The molecule has 0 aliphatic heterocycles. The third kappa shape index (κ3) is 30.0. The van der Waals surface area contributed by atoms with Gasteiger partial charge in [0.2, 0.25) is 0 Å². The Hall–Kier alpha value is -7.86. The molecular weight excluding hydrogens is 1060 g/mol. The van der Waals surface area contributed by atoms with Gasteiger partial charge >= 0.3 is 0 Å². The Balaban J connectivity index is 0.000000513. The van der Waals surface area contributed by atoms with Gasteiger partial charge in [0.15, 0.2) is 0 Å². The Labute approximate surface area is 511 Å². The van der Waals surface area contributed by atoms with Crippen LogP contribution in [0.25, 0.3) is 0 Å². The maximum atomic E-state index is 8.98. The van der Waals surface area contributed by atoms with E-state index in [1.807, 2.05) is 159 Å². The van der Waals surface area contributed by atoms with Gasteiger partial charge in [-0.1, -0.05) is 303 Å². The van der Waals surface area contributed by atoms with E-state index in [0.29, 0.717) is 5.71 Å². The highest BCUT2D eigenvalue weighted by atomic mass is 16.4. The molecule has 0 amide bonds. The Morgan fingerprint density at radius 2 is 0.718 bits per heavy atom. The highest BCUT2D eigenvalue weighted by molar-refractivity contribution is 6.03. The van der Waals surface area contributed by atoms with Crippen LogP contribution in [-0.2, 0) is 19.3 Å². The summed E-state index contributed by atoms with van der Waals surface area (Å²) in [6.07, 6.45) is 16.0. The molecule has 0 bridgehead atoms. The lowest BCUT2D eigenvalue weighted by Crippen LogP contribution is -2.09. The molecule has 6 aromatic carbocycles. The Morgan fingerprint density at radius 3 is 1.04 bits per heavy atom. The molecule has 0 aliphatic carbocycles.